The van der Waals surface area contributed by atoms with Crippen LogP contribution in [0.2, 0.25) is 0 Å². The fraction of sp³-hybridized carbons (Fsp3) is 0.348. The lowest BCUT2D eigenvalue weighted by Crippen LogP contribution is -2.52. The summed E-state index contributed by atoms with van der Waals surface area (Å²) in [6, 6.07) is 14.3. The third-order valence-corrected chi connectivity index (χ3v) is 5.47. The lowest BCUT2D eigenvalue weighted by molar-refractivity contribution is -0.271. The summed E-state index contributed by atoms with van der Waals surface area (Å²) in [4.78, 5) is 12.0. The number of hydrogen-bond donors (Lipinski definition) is 2. The molecule has 1 heterocycles. The average Bonchev–Trinajstić information content (AvgIpc) is 2.69. The molecule has 0 fully saturated rings. The van der Waals surface area contributed by atoms with Gasteiger partial charge in [0.1, 0.15) is 0 Å². The lowest BCUT2D eigenvalue weighted by Gasteiger charge is -2.38. The number of fused-ring (bicyclic) bond motifs is 1. The zero-order chi connectivity index (χ0) is 22.2. The van der Waals surface area contributed by atoms with Crippen LogP contribution in [0, 0.1) is 0 Å². The number of aromatic nitrogens is 1. The maximum absolute atomic E-state index is 14.1. The first-order valence-corrected chi connectivity index (χ1v) is 9.54. The van der Waals surface area contributed by atoms with Crippen molar-refractivity contribution in [2.75, 3.05) is 0 Å². The number of aliphatic hydroxyl groups is 2. The summed E-state index contributed by atoms with van der Waals surface area (Å²) < 4.78 is 43.6. The van der Waals surface area contributed by atoms with Crippen molar-refractivity contribution in [3.63, 3.8) is 0 Å². The van der Waals surface area contributed by atoms with Crippen LogP contribution in [0.15, 0.2) is 65.6 Å². The number of halogens is 3. The molecular formula is C23H24F3NO3. The molecule has 0 aliphatic rings. The Labute approximate surface area is 172 Å². The number of aliphatic hydroxyl groups excluding tert-OH is 1. The van der Waals surface area contributed by atoms with E-state index in [1.165, 1.54) is 16.8 Å². The highest BCUT2D eigenvalue weighted by Gasteiger charge is 2.56. The van der Waals surface area contributed by atoms with Crippen LogP contribution in [0.3, 0.4) is 0 Å². The van der Waals surface area contributed by atoms with Gasteiger partial charge in [-0.25, -0.2) is 0 Å². The molecule has 2 aromatic carbocycles. The minimum Gasteiger partial charge on any atom is -0.392 e. The van der Waals surface area contributed by atoms with Gasteiger partial charge in [-0.05, 0) is 35.1 Å². The molecule has 0 saturated carbocycles. The molecular weight excluding hydrogens is 395 g/mol. The van der Waals surface area contributed by atoms with Crippen molar-refractivity contribution >= 4 is 10.9 Å². The van der Waals surface area contributed by atoms with E-state index in [1.807, 2.05) is 0 Å². The van der Waals surface area contributed by atoms with Gasteiger partial charge < -0.3 is 14.8 Å². The summed E-state index contributed by atoms with van der Waals surface area (Å²) >= 11 is 0. The summed E-state index contributed by atoms with van der Waals surface area (Å²) in [5.41, 5.74) is -2.87. The molecule has 7 heteroatoms. The molecule has 0 spiro atoms. The molecule has 0 aliphatic heterocycles. The van der Waals surface area contributed by atoms with E-state index in [2.05, 4.69) is 0 Å². The van der Waals surface area contributed by atoms with Crippen molar-refractivity contribution in [2.45, 2.75) is 50.6 Å². The molecule has 0 saturated heterocycles. The average molecular weight is 419 g/mol. The largest absolute Gasteiger partial charge is 0.418 e. The highest BCUT2D eigenvalue weighted by molar-refractivity contribution is 5.78. The molecule has 1 atom stereocenters. The first kappa shape index (κ1) is 22.1. The Kier molecular flexibility index (Phi) is 5.80. The van der Waals surface area contributed by atoms with Crippen LogP contribution in [0.1, 0.15) is 31.4 Å². The first-order valence-electron chi connectivity index (χ1n) is 9.54. The topological polar surface area (TPSA) is 62.5 Å². The van der Waals surface area contributed by atoms with Crippen molar-refractivity contribution in [3.05, 3.63) is 82.1 Å². The quantitative estimate of drug-likeness (QED) is 0.631. The minimum absolute atomic E-state index is 0.225. The molecule has 160 valence electrons. The maximum Gasteiger partial charge on any atom is 0.418 e. The van der Waals surface area contributed by atoms with Gasteiger partial charge in [0.05, 0.1) is 18.7 Å². The number of para-hydroxylation sites is 1. The monoisotopic (exact) mass is 419 g/mol. The Morgan fingerprint density at radius 3 is 2.37 bits per heavy atom. The van der Waals surface area contributed by atoms with Crippen molar-refractivity contribution in [2.24, 2.45) is 0 Å². The fourth-order valence-electron chi connectivity index (χ4n) is 3.85. The predicted molar refractivity (Wildman–Crippen MR) is 109 cm³/mol. The van der Waals surface area contributed by atoms with Gasteiger partial charge >= 0.3 is 6.18 Å². The molecule has 0 radical (unpaired) electrons. The van der Waals surface area contributed by atoms with Gasteiger partial charge in [-0.2, -0.15) is 13.2 Å². The second-order valence-electron chi connectivity index (χ2n) is 8.27. The summed E-state index contributed by atoms with van der Waals surface area (Å²) in [5.74, 6) is 0. The Hall–Kier alpha value is -2.64. The van der Waals surface area contributed by atoms with Gasteiger partial charge in [0.25, 0.3) is 0 Å². The summed E-state index contributed by atoms with van der Waals surface area (Å²) in [6.45, 7) is 2.28. The van der Waals surface area contributed by atoms with Gasteiger partial charge in [0, 0.05) is 17.6 Å². The SMILES string of the molecule is CC(C)(CC(O)(Cn1ccc(=O)c2ccccc21)C(F)(F)F)c1cccc(CO)c1. The van der Waals surface area contributed by atoms with Gasteiger partial charge in [-0.15, -0.1) is 0 Å². The van der Waals surface area contributed by atoms with Gasteiger partial charge in [0.15, 0.2) is 11.0 Å². The Bertz CT molecular complexity index is 1100. The number of alkyl halides is 3. The van der Waals surface area contributed by atoms with Crippen molar-refractivity contribution in [1.29, 1.82) is 0 Å². The minimum atomic E-state index is -4.90. The highest BCUT2D eigenvalue weighted by atomic mass is 19.4. The Morgan fingerprint density at radius 1 is 1.00 bits per heavy atom. The van der Waals surface area contributed by atoms with E-state index in [0.29, 0.717) is 22.0 Å². The first-order chi connectivity index (χ1) is 14.0. The lowest BCUT2D eigenvalue weighted by atomic mass is 9.74. The van der Waals surface area contributed by atoms with Crippen LogP contribution in [0.4, 0.5) is 13.2 Å². The van der Waals surface area contributed by atoms with E-state index in [9.17, 15) is 28.2 Å². The summed E-state index contributed by atoms with van der Waals surface area (Å²) in [5, 5.41) is 20.5. The number of benzene rings is 2. The van der Waals surface area contributed by atoms with Gasteiger partial charge in [0.2, 0.25) is 0 Å². The summed E-state index contributed by atoms with van der Waals surface area (Å²) in [6.07, 6.45) is -4.22. The predicted octanol–water partition coefficient (Wildman–Crippen LogP) is 4.16. The van der Waals surface area contributed by atoms with E-state index < -0.39 is 30.2 Å². The van der Waals surface area contributed by atoms with Crippen LogP contribution in [0.5, 0.6) is 0 Å². The highest BCUT2D eigenvalue weighted by Crippen LogP contribution is 2.42. The Balaban J connectivity index is 2.04. The van der Waals surface area contributed by atoms with E-state index in [0.717, 1.165) is 0 Å². The normalized spacial score (nSPS) is 14.6. The standard InChI is InChI=1S/C23H24F3NO3/c1-21(2,17-7-5-6-16(12-17)13-28)14-22(30,23(24,25)26)15-27-11-10-20(29)18-8-3-4-9-19(18)27/h3-12,28,30H,13-15H2,1-2H3. The van der Waals surface area contributed by atoms with E-state index >= 15 is 0 Å². The molecule has 3 aromatic rings. The molecule has 1 unspecified atom stereocenters. The molecule has 3 rings (SSSR count). The van der Waals surface area contributed by atoms with Crippen molar-refractivity contribution in [1.82, 2.24) is 4.57 Å². The van der Waals surface area contributed by atoms with Crippen LogP contribution in [-0.4, -0.2) is 26.6 Å². The van der Waals surface area contributed by atoms with Crippen LogP contribution >= 0.6 is 0 Å². The van der Waals surface area contributed by atoms with E-state index in [4.69, 9.17) is 0 Å². The van der Waals surface area contributed by atoms with Gasteiger partial charge in [-0.3, -0.25) is 4.79 Å². The van der Waals surface area contributed by atoms with Crippen molar-refractivity contribution < 1.29 is 23.4 Å². The van der Waals surface area contributed by atoms with Crippen molar-refractivity contribution in [3.8, 4) is 0 Å². The Morgan fingerprint density at radius 2 is 1.70 bits per heavy atom. The molecule has 0 bridgehead atoms. The second kappa shape index (κ2) is 7.89. The number of rotatable bonds is 6. The molecule has 30 heavy (non-hydrogen) atoms. The van der Waals surface area contributed by atoms with E-state index in [-0.39, 0.29) is 12.0 Å². The number of nitrogens with zero attached hydrogens (tertiary/aromatic N) is 1. The zero-order valence-corrected chi connectivity index (χ0v) is 16.8. The number of hydrogen-bond acceptors (Lipinski definition) is 3. The van der Waals surface area contributed by atoms with Crippen LogP contribution in [-0.2, 0) is 18.6 Å². The third kappa shape index (κ3) is 4.27. The third-order valence-electron chi connectivity index (χ3n) is 5.47. The fourth-order valence-corrected chi connectivity index (χ4v) is 3.85. The zero-order valence-electron chi connectivity index (χ0n) is 16.8. The van der Waals surface area contributed by atoms with Crippen LogP contribution in [0.25, 0.3) is 10.9 Å². The molecule has 4 nitrogen and oxygen atoms in total. The molecule has 1 aromatic heterocycles. The summed E-state index contributed by atoms with van der Waals surface area (Å²) in [7, 11) is 0. The molecule has 2 N–H and O–H groups in total. The smallest absolute Gasteiger partial charge is 0.392 e. The number of pyridine rings is 1. The van der Waals surface area contributed by atoms with E-state index in [1.54, 1.807) is 62.4 Å². The molecule has 0 amide bonds. The van der Waals surface area contributed by atoms with Crippen LogP contribution < -0.4 is 5.43 Å². The maximum atomic E-state index is 14.1. The van der Waals surface area contributed by atoms with Gasteiger partial charge in [-0.1, -0.05) is 50.2 Å². The molecule has 0 aliphatic carbocycles. The second-order valence-corrected chi connectivity index (χ2v) is 8.27.